The SMILES string of the molecule is O=C(O)c1ccc(C(=O)O)c(CC=C2CC2)c1. The van der Waals surface area contributed by atoms with E-state index < -0.39 is 11.9 Å². The maximum absolute atomic E-state index is 11.0. The Morgan fingerprint density at radius 2 is 1.88 bits per heavy atom. The third-order valence-electron chi connectivity index (χ3n) is 2.73. The van der Waals surface area contributed by atoms with Gasteiger partial charge in [-0.15, -0.1) is 0 Å². The van der Waals surface area contributed by atoms with E-state index in [-0.39, 0.29) is 11.1 Å². The van der Waals surface area contributed by atoms with Crippen LogP contribution in [-0.2, 0) is 6.42 Å². The van der Waals surface area contributed by atoms with E-state index in [0.717, 1.165) is 12.8 Å². The van der Waals surface area contributed by atoms with Gasteiger partial charge in [0.05, 0.1) is 11.1 Å². The van der Waals surface area contributed by atoms with Crippen LogP contribution in [0, 0.1) is 0 Å². The lowest BCUT2D eigenvalue weighted by molar-refractivity contribution is 0.0680. The Hall–Kier alpha value is -2.10. The molecule has 88 valence electrons. The van der Waals surface area contributed by atoms with Crippen molar-refractivity contribution in [2.45, 2.75) is 19.3 Å². The maximum Gasteiger partial charge on any atom is 0.335 e. The van der Waals surface area contributed by atoms with Gasteiger partial charge in [0.15, 0.2) is 0 Å². The lowest BCUT2D eigenvalue weighted by Crippen LogP contribution is -2.05. The molecule has 0 amide bonds. The van der Waals surface area contributed by atoms with Crippen LogP contribution in [0.15, 0.2) is 29.8 Å². The zero-order chi connectivity index (χ0) is 12.4. The molecule has 0 aromatic heterocycles. The fourth-order valence-electron chi connectivity index (χ4n) is 1.63. The van der Waals surface area contributed by atoms with Crippen LogP contribution in [0.2, 0.25) is 0 Å². The van der Waals surface area contributed by atoms with Gasteiger partial charge in [0.1, 0.15) is 0 Å². The molecule has 0 unspecified atom stereocenters. The third-order valence-corrected chi connectivity index (χ3v) is 2.73. The highest BCUT2D eigenvalue weighted by Crippen LogP contribution is 2.28. The molecule has 0 aliphatic heterocycles. The second-order valence-electron chi connectivity index (χ2n) is 4.05. The van der Waals surface area contributed by atoms with Gasteiger partial charge in [-0.05, 0) is 43.0 Å². The van der Waals surface area contributed by atoms with Gasteiger partial charge in [0.25, 0.3) is 0 Å². The number of benzene rings is 1. The molecule has 4 nitrogen and oxygen atoms in total. The minimum absolute atomic E-state index is 0.124. The van der Waals surface area contributed by atoms with Crippen molar-refractivity contribution in [1.29, 1.82) is 0 Å². The topological polar surface area (TPSA) is 74.6 Å². The summed E-state index contributed by atoms with van der Waals surface area (Å²) in [6, 6.07) is 4.11. The minimum atomic E-state index is -1.04. The molecule has 4 heteroatoms. The molecule has 1 aliphatic rings. The van der Waals surface area contributed by atoms with Gasteiger partial charge in [-0.25, -0.2) is 9.59 Å². The number of hydrogen-bond donors (Lipinski definition) is 2. The van der Waals surface area contributed by atoms with Crippen molar-refractivity contribution in [3.8, 4) is 0 Å². The fourth-order valence-corrected chi connectivity index (χ4v) is 1.63. The summed E-state index contributed by atoms with van der Waals surface area (Å²) in [5.41, 5.74) is 2.16. The third kappa shape index (κ3) is 2.72. The Morgan fingerprint density at radius 1 is 1.18 bits per heavy atom. The van der Waals surface area contributed by atoms with E-state index >= 15 is 0 Å². The van der Waals surface area contributed by atoms with Gasteiger partial charge in [-0.3, -0.25) is 0 Å². The predicted molar refractivity (Wildman–Crippen MR) is 61.4 cm³/mol. The summed E-state index contributed by atoms with van der Waals surface area (Å²) >= 11 is 0. The zero-order valence-corrected chi connectivity index (χ0v) is 9.14. The molecule has 0 radical (unpaired) electrons. The summed E-state index contributed by atoms with van der Waals surface area (Å²) in [6.07, 6.45) is 4.60. The molecule has 1 fully saturated rings. The van der Waals surface area contributed by atoms with Gasteiger partial charge in [0, 0.05) is 0 Å². The maximum atomic E-state index is 11.0. The Balaban J connectivity index is 2.35. The van der Waals surface area contributed by atoms with Gasteiger partial charge in [0.2, 0.25) is 0 Å². The van der Waals surface area contributed by atoms with Crippen molar-refractivity contribution in [1.82, 2.24) is 0 Å². The van der Waals surface area contributed by atoms with E-state index in [1.807, 2.05) is 6.08 Å². The molecule has 1 aliphatic carbocycles. The molecular formula is C13H12O4. The Morgan fingerprint density at radius 3 is 2.41 bits per heavy atom. The summed E-state index contributed by atoms with van der Waals surface area (Å²) in [5.74, 6) is -2.06. The first-order valence-electron chi connectivity index (χ1n) is 5.35. The van der Waals surface area contributed by atoms with Gasteiger partial charge in [-0.1, -0.05) is 11.6 Å². The van der Waals surface area contributed by atoms with E-state index in [4.69, 9.17) is 10.2 Å². The van der Waals surface area contributed by atoms with E-state index in [1.54, 1.807) is 0 Å². The monoisotopic (exact) mass is 232 g/mol. The molecule has 0 atom stereocenters. The van der Waals surface area contributed by atoms with Crippen LogP contribution in [-0.4, -0.2) is 22.2 Å². The molecule has 2 rings (SSSR count). The van der Waals surface area contributed by atoms with Crippen molar-refractivity contribution in [2.75, 3.05) is 0 Å². The first-order chi connectivity index (χ1) is 8.08. The molecule has 2 N–H and O–H groups in total. The molecule has 1 aromatic carbocycles. The van der Waals surface area contributed by atoms with Crippen LogP contribution in [0.5, 0.6) is 0 Å². The van der Waals surface area contributed by atoms with E-state index in [2.05, 4.69) is 0 Å². The zero-order valence-electron chi connectivity index (χ0n) is 9.14. The summed E-state index contributed by atoms with van der Waals surface area (Å²) in [7, 11) is 0. The highest BCUT2D eigenvalue weighted by atomic mass is 16.4. The van der Waals surface area contributed by atoms with E-state index in [1.165, 1.54) is 23.8 Å². The molecule has 0 bridgehead atoms. The van der Waals surface area contributed by atoms with Crippen molar-refractivity contribution < 1.29 is 19.8 Å². The van der Waals surface area contributed by atoms with E-state index in [9.17, 15) is 9.59 Å². The summed E-state index contributed by atoms with van der Waals surface area (Å²) in [4.78, 5) is 21.8. The predicted octanol–water partition coefficient (Wildman–Crippen LogP) is 2.35. The first kappa shape index (κ1) is 11.4. The number of hydrogen-bond acceptors (Lipinski definition) is 2. The van der Waals surface area contributed by atoms with Crippen molar-refractivity contribution in [3.05, 3.63) is 46.5 Å². The number of carboxylic acids is 2. The molecule has 17 heavy (non-hydrogen) atoms. The quantitative estimate of drug-likeness (QED) is 0.781. The number of carboxylic acid groups (broad SMARTS) is 2. The first-order valence-corrected chi connectivity index (χ1v) is 5.35. The van der Waals surface area contributed by atoms with Crippen molar-refractivity contribution in [2.24, 2.45) is 0 Å². The van der Waals surface area contributed by atoms with Crippen LogP contribution in [0.25, 0.3) is 0 Å². The highest BCUT2D eigenvalue weighted by Gasteiger charge is 2.14. The molecular weight excluding hydrogens is 220 g/mol. The van der Waals surface area contributed by atoms with Crippen LogP contribution in [0.3, 0.4) is 0 Å². The van der Waals surface area contributed by atoms with Gasteiger partial charge in [-0.2, -0.15) is 0 Å². The molecule has 0 heterocycles. The fraction of sp³-hybridized carbons (Fsp3) is 0.231. The Kier molecular flexibility index (Phi) is 2.95. The molecule has 0 saturated heterocycles. The van der Waals surface area contributed by atoms with Gasteiger partial charge >= 0.3 is 11.9 Å². The largest absolute Gasteiger partial charge is 0.478 e. The lowest BCUT2D eigenvalue weighted by Gasteiger charge is -2.04. The smallest absolute Gasteiger partial charge is 0.335 e. The number of allylic oxidation sites excluding steroid dienone is 2. The Labute approximate surface area is 98.2 Å². The molecule has 0 spiro atoms. The summed E-state index contributed by atoms with van der Waals surface area (Å²) in [5, 5.41) is 17.9. The van der Waals surface area contributed by atoms with Crippen molar-refractivity contribution >= 4 is 11.9 Å². The number of aromatic carboxylic acids is 2. The number of carbonyl (C=O) groups is 2. The lowest BCUT2D eigenvalue weighted by atomic mass is 10.0. The minimum Gasteiger partial charge on any atom is -0.478 e. The van der Waals surface area contributed by atoms with Crippen LogP contribution in [0.1, 0.15) is 39.1 Å². The van der Waals surface area contributed by atoms with Crippen LogP contribution < -0.4 is 0 Å². The van der Waals surface area contributed by atoms with Crippen LogP contribution in [0.4, 0.5) is 0 Å². The summed E-state index contributed by atoms with van der Waals surface area (Å²) < 4.78 is 0. The number of rotatable bonds is 4. The standard InChI is InChI=1S/C13H12O4/c14-12(15)10-5-6-11(13(16)17)9(7-10)4-3-8-1-2-8/h3,5-7H,1-2,4H2,(H,14,15)(H,16,17). The normalized spacial score (nSPS) is 13.3. The molecule has 1 saturated carbocycles. The van der Waals surface area contributed by atoms with E-state index in [0.29, 0.717) is 12.0 Å². The van der Waals surface area contributed by atoms with Gasteiger partial charge < -0.3 is 10.2 Å². The second-order valence-corrected chi connectivity index (χ2v) is 4.05. The highest BCUT2D eigenvalue weighted by molar-refractivity contribution is 5.93. The van der Waals surface area contributed by atoms with Crippen LogP contribution >= 0.6 is 0 Å². The molecule has 1 aromatic rings. The summed E-state index contributed by atoms with van der Waals surface area (Å²) in [6.45, 7) is 0. The van der Waals surface area contributed by atoms with Crippen molar-refractivity contribution in [3.63, 3.8) is 0 Å². The second kappa shape index (κ2) is 4.41. The Bertz CT molecular complexity index is 508. The average Bonchev–Trinajstić information content (AvgIpc) is 3.09. The average molecular weight is 232 g/mol.